The lowest BCUT2D eigenvalue weighted by Crippen LogP contribution is -2.27. The molecule has 9 heteroatoms. The van der Waals surface area contributed by atoms with E-state index in [4.69, 9.17) is 4.74 Å². The van der Waals surface area contributed by atoms with Crippen molar-refractivity contribution in [3.05, 3.63) is 56.8 Å². The first kappa shape index (κ1) is 21.8. The Bertz CT molecular complexity index is 880. The normalized spacial score (nSPS) is 10.3. The third kappa shape index (κ3) is 6.00. The molecule has 2 rings (SSSR count). The van der Waals surface area contributed by atoms with Crippen molar-refractivity contribution in [3.8, 4) is 16.9 Å². The Balaban J connectivity index is 2.15. The third-order valence-electron chi connectivity index (χ3n) is 4.15. The maximum absolute atomic E-state index is 12.0. The van der Waals surface area contributed by atoms with E-state index >= 15 is 0 Å². The molecule has 0 aromatic heterocycles. The van der Waals surface area contributed by atoms with Crippen LogP contribution in [-0.4, -0.2) is 36.4 Å². The summed E-state index contributed by atoms with van der Waals surface area (Å²) in [6.45, 7) is 4.09. The van der Waals surface area contributed by atoms with Crippen LogP contribution in [0.2, 0.25) is 0 Å². The third-order valence-corrected chi connectivity index (χ3v) is 4.15. The van der Waals surface area contributed by atoms with Crippen molar-refractivity contribution in [1.82, 2.24) is 4.90 Å². The first-order valence-corrected chi connectivity index (χ1v) is 8.96. The average Bonchev–Trinajstić information content (AvgIpc) is 2.66. The highest BCUT2D eigenvalue weighted by Gasteiger charge is 2.17. The van der Waals surface area contributed by atoms with Gasteiger partial charge in [-0.3, -0.25) is 0 Å². The Morgan fingerprint density at radius 2 is 1.76 bits per heavy atom. The quantitative estimate of drug-likeness (QED) is 0.369. The number of rotatable bonds is 9. The lowest BCUT2D eigenvalue weighted by Gasteiger charge is -2.18. The number of carbonyl (C=O) groups excluding carboxylic acids is 1. The van der Waals surface area contributed by atoms with Crippen molar-refractivity contribution in [2.45, 2.75) is 26.8 Å². The summed E-state index contributed by atoms with van der Waals surface area (Å²) in [6.07, 6.45) is -0.266. The van der Waals surface area contributed by atoms with Gasteiger partial charge in [0.05, 0.1) is 12.2 Å². The Morgan fingerprint density at radius 1 is 1.07 bits per heavy atom. The fourth-order valence-electron chi connectivity index (χ4n) is 3.02. The Morgan fingerprint density at radius 3 is 2.38 bits per heavy atom. The van der Waals surface area contributed by atoms with E-state index in [-0.39, 0.29) is 31.2 Å². The second kappa shape index (κ2) is 10.2. The van der Waals surface area contributed by atoms with Gasteiger partial charge in [0.2, 0.25) is 0 Å². The zero-order valence-electron chi connectivity index (χ0n) is 16.5. The minimum absolute atomic E-state index is 0.0582. The molecular formula is C20H23N3O6. The van der Waals surface area contributed by atoms with Gasteiger partial charge in [0, 0.05) is 20.0 Å². The van der Waals surface area contributed by atoms with E-state index < -0.39 is 6.09 Å². The molecule has 1 amide bonds. The van der Waals surface area contributed by atoms with Crippen LogP contribution < -0.4 is 0 Å². The zero-order valence-corrected chi connectivity index (χ0v) is 16.5. The number of hydrogen-bond acceptors (Lipinski definition) is 8. The highest BCUT2D eigenvalue weighted by atomic mass is 16.7. The first-order valence-electron chi connectivity index (χ1n) is 8.96. The highest BCUT2D eigenvalue weighted by Crippen LogP contribution is 2.40. The van der Waals surface area contributed by atoms with Gasteiger partial charge in [-0.15, -0.1) is 9.81 Å². The van der Waals surface area contributed by atoms with Crippen molar-refractivity contribution in [2.24, 2.45) is 10.5 Å². The molecule has 0 unspecified atom stereocenters. The molecule has 0 bridgehead atoms. The highest BCUT2D eigenvalue weighted by molar-refractivity contribution is 5.82. The van der Waals surface area contributed by atoms with E-state index in [1.165, 1.54) is 24.1 Å². The van der Waals surface area contributed by atoms with Gasteiger partial charge < -0.3 is 19.6 Å². The molecule has 2 aromatic carbocycles. The van der Waals surface area contributed by atoms with Crippen LogP contribution >= 0.6 is 0 Å². The van der Waals surface area contributed by atoms with Gasteiger partial charge in [0.25, 0.3) is 0 Å². The number of nitrogens with zero attached hydrogens (tertiary/aromatic N) is 3. The minimum atomic E-state index is -0.595. The van der Waals surface area contributed by atoms with E-state index in [0.29, 0.717) is 23.1 Å². The molecule has 0 spiro atoms. The number of hydrogen-bond donors (Lipinski definition) is 1. The average molecular weight is 401 g/mol. The second-order valence-electron chi connectivity index (χ2n) is 6.71. The van der Waals surface area contributed by atoms with Crippen LogP contribution in [0.4, 0.5) is 10.5 Å². The molecular weight excluding hydrogens is 378 g/mol. The van der Waals surface area contributed by atoms with Crippen molar-refractivity contribution in [1.29, 1.82) is 0 Å². The molecule has 0 heterocycles. The van der Waals surface area contributed by atoms with E-state index in [9.17, 15) is 19.7 Å². The number of benzene rings is 2. The molecule has 9 nitrogen and oxygen atoms in total. The summed E-state index contributed by atoms with van der Waals surface area (Å²) in [7, 11) is 1.52. The van der Waals surface area contributed by atoms with Gasteiger partial charge in [0.15, 0.2) is 5.34 Å². The van der Waals surface area contributed by atoms with Crippen LogP contribution in [0.5, 0.6) is 5.75 Å². The lowest BCUT2D eigenvalue weighted by atomic mass is 9.97. The summed E-state index contributed by atoms with van der Waals surface area (Å²) >= 11 is 0. The summed E-state index contributed by atoms with van der Waals surface area (Å²) in [5.74, 6) is -0.0950. The monoisotopic (exact) mass is 401 g/mol. The van der Waals surface area contributed by atoms with Crippen LogP contribution in [0, 0.1) is 23.7 Å². The van der Waals surface area contributed by atoms with E-state index in [1.807, 2.05) is 32.0 Å². The van der Waals surface area contributed by atoms with E-state index in [1.54, 1.807) is 0 Å². The summed E-state index contributed by atoms with van der Waals surface area (Å²) < 4.78 is 5.04. The summed E-state index contributed by atoms with van der Waals surface area (Å²) in [5.41, 5.74) is 3.66. The largest absolute Gasteiger partial charge is 0.507 e. The molecule has 29 heavy (non-hydrogen) atoms. The van der Waals surface area contributed by atoms with Crippen molar-refractivity contribution in [2.75, 3.05) is 20.3 Å². The van der Waals surface area contributed by atoms with Crippen molar-refractivity contribution < 1.29 is 19.5 Å². The summed E-state index contributed by atoms with van der Waals surface area (Å²) in [6, 6.07) is 8.75. The van der Waals surface area contributed by atoms with Gasteiger partial charge in [0.1, 0.15) is 18.0 Å². The molecule has 0 aliphatic carbocycles. The number of amides is 1. The maximum atomic E-state index is 12.0. The number of aryl methyl sites for hydroxylation is 2. The Labute approximate surface area is 168 Å². The smallest absolute Gasteiger partial charge is 0.409 e. The van der Waals surface area contributed by atoms with Gasteiger partial charge in [-0.1, -0.05) is 29.3 Å². The molecule has 0 radical (unpaired) electrons. The second-order valence-corrected chi connectivity index (χ2v) is 6.71. The van der Waals surface area contributed by atoms with Gasteiger partial charge >= 0.3 is 6.09 Å². The molecule has 0 saturated heterocycles. The molecule has 2 aromatic rings. The van der Waals surface area contributed by atoms with Crippen LogP contribution in [0.15, 0.2) is 40.8 Å². The van der Waals surface area contributed by atoms with Gasteiger partial charge in [-0.05, 0) is 42.3 Å². The van der Waals surface area contributed by atoms with Crippen LogP contribution in [0.1, 0.15) is 23.1 Å². The number of carbonyl (C=O) groups is 1. The number of nitroso groups, excluding NO2 is 1. The maximum Gasteiger partial charge on any atom is 0.409 e. The van der Waals surface area contributed by atoms with Crippen LogP contribution in [-0.2, 0) is 16.1 Å². The van der Waals surface area contributed by atoms with Crippen LogP contribution in [0.3, 0.4) is 0 Å². The molecule has 0 saturated carbocycles. The lowest BCUT2D eigenvalue weighted by molar-refractivity contribution is 0.0849. The molecule has 0 aliphatic heterocycles. The number of ether oxygens (including phenoxy) is 1. The predicted octanol–water partition coefficient (Wildman–Crippen LogP) is 4.73. The van der Waals surface area contributed by atoms with Crippen molar-refractivity contribution >= 4 is 11.8 Å². The minimum Gasteiger partial charge on any atom is -0.507 e. The molecule has 0 fully saturated rings. The number of aromatic hydroxyl groups is 1. The standard InChI is InChI=1S/C20H23N3O6/c1-13-7-14(2)9-16(8-13)19-17(21-26)10-15(11-18(19)24)12-23(3)20(25)28-5-4-6-29-22-27/h7-11,24H,4-6,12H2,1-3H3. The topological polar surface area (TPSA) is 118 Å². The number of phenols is 1. The zero-order chi connectivity index (χ0) is 21.4. The number of phenolic OH excluding ortho intramolecular Hbond substituents is 1. The van der Waals surface area contributed by atoms with E-state index in [0.717, 1.165) is 11.1 Å². The summed E-state index contributed by atoms with van der Waals surface area (Å²) in [5, 5.41) is 15.8. The predicted molar refractivity (Wildman–Crippen MR) is 108 cm³/mol. The fraction of sp³-hybridized carbons (Fsp3) is 0.350. The van der Waals surface area contributed by atoms with Gasteiger partial charge in [-0.25, -0.2) is 4.79 Å². The van der Waals surface area contributed by atoms with E-state index in [2.05, 4.69) is 15.4 Å². The molecule has 0 atom stereocenters. The molecule has 1 N–H and O–H groups in total. The fourth-order valence-corrected chi connectivity index (χ4v) is 3.02. The molecule has 154 valence electrons. The SMILES string of the molecule is Cc1cc(C)cc(-c2c(O)cc(CN(C)C(=O)OCCCON=O)cc2N=O)c1. The molecule has 0 aliphatic rings. The van der Waals surface area contributed by atoms with Crippen molar-refractivity contribution in [3.63, 3.8) is 0 Å². The van der Waals surface area contributed by atoms with Gasteiger partial charge in [-0.2, -0.15) is 0 Å². The summed E-state index contributed by atoms with van der Waals surface area (Å²) in [4.78, 5) is 38.8. The first-order chi connectivity index (χ1) is 13.8. The Hall–Kier alpha value is -3.49. The Kier molecular flexibility index (Phi) is 7.64. The van der Waals surface area contributed by atoms with Crippen LogP contribution in [0.25, 0.3) is 11.1 Å².